The van der Waals surface area contributed by atoms with Crippen molar-refractivity contribution in [3.63, 3.8) is 0 Å². The lowest BCUT2D eigenvalue weighted by atomic mass is 9.55. The molecular weight excluding hydrogens is 158 g/mol. The zero-order valence-electron chi connectivity index (χ0n) is 10.7. The first-order valence-corrected chi connectivity index (χ1v) is 5.23. The molecule has 0 saturated carbocycles. The molecule has 0 saturated heterocycles. The first-order chi connectivity index (χ1) is 5.44. The van der Waals surface area contributed by atoms with Gasteiger partial charge in [0, 0.05) is 5.54 Å². The number of nitrogens with two attached hydrogens (primary N) is 1. The van der Waals surface area contributed by atoms with Gasteiger partial charge in [-0.15, -0.1) is 0 Å². The van der Waals surface area contributed by atoms with E-state index < -0.39 is 0 Å². The van der Waals surface area contributed by atoms with E-state index in [0.29, 0.717) is 5.92 Å². The molecule has 0 heterocycles. The van der Waals surface area contributed by atoms with Gasteiger partial charge in [0.25, 0.3) is 0 Å². The second-order valence-corrected chi connectivity index (χ2v) is 6.22. The van der Waals surface area contributed by atoms with Crippen molar-refractivity contribution >= 4 is 0 Å². The Morgan fingerprint density at radius 3 is 1.23 bits per heavy atom. The zero-order chi connectivity index (χ0) is 11.1. The van der Waals surface area contributed by atoms with Crippen molar-refractivity contribution in [2.45, 2.75) is 60.9 Å². The van der Waals surface area contributed by atoms with Crippen molar-refractivity contribution in [3.05, 3.63) is 0 Å². The molecule has 0 amide bonds. The van der Waals surface area contributed by atoms with Crippen LogP contribution in [-0.4, -0.2) is 5.54 Å². The lowest BCUT2D eigenvalue weighted by molar-refractivity contribution is -0.00273. The lowest BCUT2D eigenvalue weighted by Gasteiger charge is -2.52. The van der Waals surface area contributed by atoms with Crippen LogP contribution in [0.25, 0.3) is 0 Å². The standard InChI is InChI=1S/C12H27N/c1-9(2)10(3,4)11(5,6)12(7,8)13/h9H,13H2,1-8H3. The molecule has 0 unspecified atom stereocenters. The summed E-state index contributed by atoms with van der Waals surface area (Å²) in [5.74, 6) is 0.644. The van der Waals surface area contributed by atoms with E-state index in [1.54, 1.807) is 0 Å². The largest absolute Gasteiger partial charge is 0.325 e. The molecule has 1 nitrogen and oxygen atoms in total. The summed E-state index contributed by atoms with van der Waals surface area (Å²) in [5, 5.41) is 0. The minimum atomic E-state index is -0.138. The van der Waals surface area contributed by atoms with Crippen molar-refractivity contribution < 1.29 is 0 Å². The van der Waals surface area contributed by atoms with Crippen molar-refractivity contribution in [1.82, 2.24) is 0 Å². The molecule has 0 aromatic carbocycles. The number of rotatable bonds is 3. The summed E-state index contributed by atoms with van der Waals surface area (Å²) in [6, 6.07) is 0. The third-order valence-electron chi connectivity index (χ3n) is 4.67. The van der Waals surface area contributed by atoms with Crippen LogP contribution in [0.15, 0.2) is 0 Å². The summed E-state index contributed by atoms with van der Waals surface area (Å²) in [6.45, 7) is 18.0. The van der Waals surface area contributed by atoms with E-state index in [-0.39, 0.29) is 16.4 Å². The lowest BCUT2D eigenvalue weighted by Crippen LogP contribution is -2.56. The van der Waals surface area contributed by atoms with Gasteiger partial charge in [0.2, 0.25) is 0 Å². The molecule has 0 fully saturated rings. The van der Waals surface area contributed by atoms with Gasteiger partial charge in [-0.3, -0.25) is 0 Å². The van der Waals surface area contributed by atoms with Crippen molar-refractivity contribution in [1.29, 1.82) is 0 Å². The fourth-order valence-electron chi connectivity index (χ4n) is 1.55. The molecule has 0 spiro atoms. The average Bonchev–Trinajstić information content (AvgIpc) is 1.84. The van der Waals surface area contributed by atoms with Gasteiger partial charge in [-0.2, -0.15) is 0 Å². The van der Waals surface area contributed by atoms with Gasteiger partial charge in [-0.05, 0) is 30.6 Å². The maximum Gasteiger partial charge on any atom is 0.0154 e. The Bertz CT molecular complexity index is 170. The summed E-state index contributed by atoms with van der Waals surface area (Å²) in [4.78, 5) is 0. The second kappa shape index (κ2) is 3.27. The molecule has 0 rings (SSSR count). The Kier molecular flexibility index (Phi) is 3.26. The highest BCUT2D eigenvalue weighted by Crippen LogP contribution is 2.49. The van der Waals surface area contributed by atoms with Gasteiger partial charge in [0.1, 0.15) is 0 Å². The second-order valence-electron chi connectivity index (χ2n) is 6.22. The van der Waals surface area contributed by atoms with E-state index >= 15 is 0 Å². The summed E-state index contributed by atoms with van der Waals surface area (Å²) in [5.41, 5.74) is 6.49. The van der Waals surface area contributed by atoms with Gasteiger partial charge in [-0.1, -0.05) is 41.5 Å². The summed E-state index contributed by atoms with van der Waals surface area (Å²) in [7, 11) is 0. The van der Waals surface area contributed by atoms with Gasteiger partial charge in [-0.25, -0.2) is 0 Å². The van der Waals surface area contributed by atoms with Crippen LogP contribution in [0.5, 0.6) is 0 Å². The van der Waals surface area contributed by atoms with Crippen LogP contribution >= 0.6 is 0 Å². The van der Waals surface area contributed by atoms with Crippen LogP contribution in [0.4, 0.5) is 0 Å². The quantitative estimate of drug-likeness (QED) is 0.716. The highest BCUT2D eigenvalue weighted by molar-refractivity contribution is 5.00. The number of hydrogen-bond donors (Lipinski definition) is 1. The Labute approximate surface area is 84.1 Å². The van der Waals surface area contributed by atoms with Crippen molar-refractivity contribution in [3.8, 4) is 0 Å². The first-order valence-electron chi connectivity index (χ1n) is 5.23. The smallest absolute Gasteiger partial charge is 0.0154 e. The predicted molar refractivity (Wildman–Crippen MR) is 60.7 cm³/mol. The van der Waals surface area contributed by atoms with Crippen LogP contribution in [0.2, 0.25) is 0 Å². The molecule has 13 heavy (non-hydrogen) atoms. The summed E-state index contributed by atoms with van der Waals surface area (Å²) < 4.78 is 0. The van der Waals surface area contributed by atoms with E-state index in [4.69, 9.17) is 5.73 Å². The number of hydrogen-bond acceptors (Lipinski definition) is 1. The minimum absolute atomic E-state index is 0.133. The topological polar surface area (TPSA) is 26.0 Å². The first kappa shape index (κ1) is 13.0. The van der Waals surface area contributed by atoms with Crippen LogP contribution in [-0.2, 0) is 0 Å². The van der Waals surface area contributed by atoms with E-state index in [2.05, 4.69) is 55.4 Å². The molecule has 0 aliphatic rings. The normalized spacial score (nSPS) is 15.2. The molecule has 0 aliphatic heterocycles. The van der Waals surface area contributed by atoms with Crippen LogP contribution < -0.4 is 5.73 Å². The average molecular weight is 185 g/mol. The highest BCUT2D eigenvalue weighted by Gasteiger charge is 2.47. The molecule has 80 valence electrons. The molecule has 1 heteroatoms. The van der Waals surface area contributed by atoms with Crippen LogP contribution in [0.3, 0.4) is 0 Å². The highest BCUT2D eigenvalue weighted by atomic mass is 14.8. The Morgan fingerprint density at radius 2 is 1.15 bits per heavy atom. The maximum atomic E-state index is 6.24. The monoisotopic (exact) mass is 185 g/mol. The third kappa shape index (κ3) is 2.07. The van der Waals surface area contributed by atoms with Gasteiger partial charge in [0.15, 0.2) is 0 Å². The molecule has 0 aromatic heterocycles. The van der Waals surface area contributed by atoms with Crippen LogP contribution in [0.1, 0.15) is 55.4 Å². The van der Waals surface area contributed by atoms with E-state index in [9.17, 15) is 0 Å². The Hall–Kier alpha value is -0.0400. The van der Waals surface area contributed by atoms with Gasteiger partial charge < -0.3 is 5.73 Å². The van der Waals surface area contributed by atoms with Crippen molar-refractivity contribution in [2.75, 3.05) is 0 Å². The van der Waals surface area contributed by atoms with Gasteiger partial charge in [0.05, 0.1) is 0 Å². The molecule has 2 N–H and O–H groups in total. The molecule has 0 aliphatic carbocycles. The third-order valence-corrected chi connectivity index (χ3v) is 4.67. The molecule has 0 atom stereocenters. The van der Waals surface area contributed by atoms with E-state index in [1.807, 2.05) is 0 Å². The van der Waals surface area contributed by atoms with E-state index in [0.717, 1.165) is 0 Å². The summed E-state index contributed by atoms with van der Waals surface area (Å²) >= 11 is 0. The predicted octanol–water partition coefficient (Wildman–Crippen LogP) is 3.43. The summed E-state index contributed by atoms with van der Waals surface area (Å²) in [6.07, 6.45) is 0. The Balaban J connectivity index is 5.04. The molecule has 0 bridgehead atoms. The minimum Gasteiger partial charge on any atom is -0.325 e. The fourth-order valence-corrected chi connectivity index (χ4v) is 1.55. The Morgan fingerprint density at radius 1 is 0.846 bits per heavy atom. The van der Waals surface area contributed by atoms with Crippen LogP contribution in [0, 0.1) is 16.7 Å². The molecule has 0 radical (unpaired) electrons. The SMILES string of the molecule is CC(C)C(C)(C)C(C)(C)C(C)(C)N. The maximum absolute atomic E-state index is 6.24. The molecule has 0 aromatic rings. The molecular formula is C12H27N. The fraction of sp³-hybridized carbons (Fsp3) is 1.00. The van der Waals surface area contributed by atoms with Crippen molar-refractivity contribution in [2.24, 2.45) is 22.5 Å². The van der Waals surface area contributed by atoms with Gasteiger partial charge >= 0.3 is 0 Å². The zero-order valence-corrected chi connectivity index (χ0v) is 10.7. The van der Waals surface area contributed by atoms with E-state index in [1.165, 1.54) is 0 Å².